The summed E-state index contributed by atoms with van der Waals surface area (Å²) in [6.07, 6.45) is 10.2. The summed E-state index contributed by atoms with van der Waals surface area (Å²) in [6, 6.07) is 29.1. The molecule has 1 saturated carbocycles. The predicted molar refractivity (Wildman–Crippen MR) is 260 cm³/mol. The van der Waals surface area contributed by atoms with Crippen molar-refractivity contribution < 1.29 is 29.4 Å². The first-order valence-electron chi connectivity index (χ1n) is 22.2. The molecule has 59 heavy (non-hydrogen) atoms. The Labute approximate surface area is 373 Å². The van der Waals surface area contributed by atoms with Crippen LogP contribution in [0.15, 0.2) is 84.9 Å². The second-order valence-electron chi connectivity index (χ2n) is 20.3. The van der Waals surface area contributed by atoms with E-state index in [-0.39, 0.29) is 21.7 Å². The van der Waals surface area contributed by atoms with E-state index in [1.54, 1.807) is 0 Å². The number of aromatic hydroxyl groups is 2. The Kier molecular flexibility index (Phi) is 17.8. The number of phenolic OH excluding ortho intramolecular Hbond substituents is 2. The van der Waals surface area contributed by atoms with Crippen LogP contribution in [-0.4, -0.2) is 20.7 Å². The number of hydrogen-bond acceptors (Lipinski definition) is 2. The third-order valence-electron chi connectivity index (χ3n) is 12.7. The average molecular weight is 915 g/mol. The van der Waals surface area contributed by atoms with Gasteiger partial charge in [0.05, 0.1) is 0 Å². The molecule has 1 aliphatic carbocycles. The van der Waals surface area contributed by atoms with Crippen molar-refractivity contribution in [2.75, 3.05) is 0 Å². The van der Waals surface area contributed by atoms with E-state index in [0.717, 1.165) is 57.1 Å². The van der Waals surface area contributed by atoms with E-state index in [4.69, 9.17) is 0 Å². The Morgan fingerprint density at radius 1 is 0.542 bits per heavy atom. The van der Waals surface area contributed by atoms with Crippen LogP contribution in [-0.2, 0) is 52.3 Å². The maximum atomic E-state index is 11.9. The molecule has 2 N–H and O–H groups in total. The standard InChI is InChI=1S/C40H64O2S2.2C7H7.Zr/c1-13-39(9,10)31-23-29(37(3,4)5)21-27(35(31)41)25-43-33-19-17-15-16-18-20-34(33)44-26-28-22-30(38(6,7)8)24-32(36(28)42)40(11,12)14-2;2*1-7-5-3-2-4-6-7;/h21-24,33-34,41-42H,13-20,25-26H2,1-12H3;2*2-6H,1H2;/q;2*-1;/t33-,34?;;;/m0.../s1. The summed E-state index contributed by atoms with van der Waals surface area (Å²) in [6.45, 7) is 35.0. The molecule has 5 heteroatoms. The Morgan fingerprint density at radius 2 is 0.881 bits per heavy atom. The van der Waals surface area contributed by atoms with Gasteiger partial charge < -0.3 is 0 Å². The zero-order valence-corrected chi connectivity index (χ0v) is 43.0. The number of benzene rings is 4. The number of hydrogen-bond donors (Lipinski definition) is 2. The van der Waals surface area contributed by atoms with E-state index in [1.807, 2.05) is 60.7 Å². The van der Waals surface area contributed by atoms with Crippen molar-refractivity contribution in [1.82, 2.24) is 0 Å². The quantitative estimate of drug-likeness (QED) is 0.173. The fraction of sp³-hybridized carbons (Fsp3) is 0.519. The van der Waals surface area contributed by atoms with Crippen molar-refractivity contribution in [2.45, 2.75) is 178 Å². The molecular weight excluding hydrogens is 836 g/mol. The average Bonchev–Trinajstić information content (AvgIpc) is 3.46. The number of fused-ring (bicyclic) bond motifs is 1. The zero-order chi connectivity index (χ0) is 43.8. The minimum absolute atomic E-state index is 0.0480. The summed E-state index contributed by atoms with van der Waals surface area (Å²) >= 11 is -0.791. The van der Waals surface area contributed by atoms with Crippen LogP contribution in [0.1, 0.15) is 179 Å². The molecule has 6 rings (SSSR count). The first-order chi connectivity index (χ1) is 27.6. The van der Waals surface area contributed by atoms with Crippen LogP contribution < -0.4 is 0 Å². The molecule has 0 amide bonds. The van der Waals surface area contributed by atoms with Gasteiger partial charge in [-0.05, 0) is 0 Å². The summed E-state index contributed by atoms with van der Waals surface area (Å²) < 4.78 is 0. The summed E-state index contributed by atoms with van der Waals surface area (Å²) in [4.78, 5) is 0. The van der Waals surface area contributed by atoms with Gasteiger partial charge in [-0.3, -0.25) is 0 Å². The van der Waals surface area contributed by atoms with Gasteiger partial charge in [-0.2, -0.15) is 49.2 Å². The summed E-state index contributed by atoms with van der Waals surface area (Å²) in [5.74, 6) is 3.30. The van der Waals surface area contributed by atoms with Crippen molar-refractivity contribution >= 4 is 14.2 Å². The smallest absolute Gasteiger partial charge is 0.0866 e. The van der Waals surface area contributed by atoms with Gasteiger partial charge in [0.1, 0.15) is 0 Å². The Morgan fingerprint density at radius 3 is 1.15 bits per heavy atom. The molecule has 2 aliphatic rings. The SMILES string of the molecule is CCC(C)(C)c1cc(C(C)(C)C)cc(C[S]2=[Zr]=[S@@](Cc3cc(C(C)(C)C)cc(C(C)(C)CC)c3O)C3CCCCCC[C@@H]32)c1O.[CH2-]c1ccccc1.[CH2-]c1ccccc1. The van der Waals surface area contributed by atoms with E-state index >= 15 is 0 Å². The molecule has 0 aromatic heterocycles. The Bertz CT molecular complexity index is 1900. The van der Waals surface area contributed by atoms with Gasteiger partial charge >= 0.3 is 291 Å². The molecule has 4 aromatic rings. The minimum Gasteiger partial charge on any atom is -0.199 e. The molecule has 324 valence electrons. The number of rotatable bonds is 8. The fourth-order valence-corrected chi connectivity index (χ4v) is 36.7. The van der Waals surface area contributed by atoms with Gasteiger partial charge in [-0.25, -0.2) is 0 Å². The van der Waals surface area contributed by atoms with Crippen LogP contribution >= 0.6 is 14.2 Å². The normalized spacial score (nSPS) is 19.7. The Balaban J connectivity index is 0.000000459. The van der Waals surface area contributed by atoms with E-state index in [2.05, 4.69) is 121 Å². The van der Waals surface area contributed by atoms with E-state index in [0.29, 0.717) is 25.7 Å². The molecule has 2 unspecified atom stereocenters. The van der Waals surface area contributed by atoms with Gasteiger partial charge in [0.15, 0.2) is 0 Å². The molecule has 4 atom stereocenters. The van der Waals surface area contributed by atoms with Crippen molar-refractivity contribution in [3.8, 4) is 11.5 Å². The van der Waals surface area contributed by atoms with Gasteiger partial charge in [0, 0.05) is 0 Å². The molecule has 0 bridgehead atoms. The van der Waals surface area contributed by atoms with Gasteiger partial charge in [-0.15, -0.1) is 24.3 Å². The topological polar surface area (TPSA) is 40.5 Å². The summed E-state index contributed by atoms with van der Waals surface area (Å²) in [5, 5.41) is 25.4. The first-order valence-corrected chi connectivity index (χ1v) is 31.2. The van der Waals surface area contributed by atoms with Crippen molar-refractivity contribution in [2.24, 2.45) is 0 Å². The van der Waals surface area contributed by atoms with Crippen LogP contribution in [0.25, 0.3) is 0 Å². The maximum Gasteiger partial charge on any atom is -0.0866 e. The second kappa shape index (κ2) is 21.3. The van der Waals surface area contributed by atoms with Crippen LogP contribution in [0.4, 0.5) is 0 Å². The first kappa shape index (κ1) is 49.5. The summed E-state index contributed by atoms with van der Waals surface area (Å²) in [7, 11) is 0.776. The second-order valence-corrected chi connectivity index (χ2v) is 35.9. The van der Waals surface area contributed by atoms with E-state index in [1.165, 1.54) is 60.8 Å². The van der Waals surface area contributed by atoms with Gasteiger partial charge in [0.2, 0.25) is 0 Å². The van der Waals surface area contributed by atoms with Crippen LogP contribution in [0.5, 0.6) is 11.5 Å². The molecular formula is C54H78O2S2Zr-2. The molecule has 0 spiro atoms. The molecule has 2 nitrogen and oxygen atoms in total. The van der Waals surface area contributed by atoms with Gasteiger partial charge in [0.25, 0.3) is 0 Å². The van der Waals surface area contributed by atoms with Crippen molar-refractivity contribution in [1.29, 1.82) is 0 Å². The predicted octanol–water partition coefficient (Wildman–Crippen LogP) is 16.1. The number of phenols is 2. The van der Waals surface area contributed by atoms with Crippen LogP contribution in [0.2, 0.25) is 0 Å². The van der Waals surface area contributed by atoms with E-state index in [9.17, 15) is 10.2 Å². The van der Waals surface area contributed by atoms with E-state index < -0.39 is 19.2 Å². The van der Waals surface area contributed by atoms with Gasteiger partial charge in [-0.1, -0.05) is 12.1 Å². The van der Waals surface area contributed by atoms with Crippen LogP contribution in [0.3, 0.4) is 0 Å². The minimum atomic E-state index is -0.791. The Hall–Kier alpha value is -2.20. The fourth-order valence-electron chi connectivity index (χ4n) is 7.78. The molecule has 1 heterocycles. The van der Waals surface area contributed by atoms with Crippen molar-refractivity contribution in [3.05, 3.63) is 143 Å². The molecule has 1 aliphatic heterocycles. The van der Waals surface area contributed by atoms with Crippen LogP contribution in [0, 0.1) is 13.8 Å². The third-order valence-corrected chi connectivity index (χ3v) is 34.5. The summed E-state index contributed by atoms with van der Waals surface area (Å²) in [5.41, 5.74) is 9.60. The molecule has 4 aromatic carbocycles. The third kappa shape index (κ3) is 13.6. The van der Waals surface area contributed by atoms with Crippen molar-refractivity contribution in [3.63, 3.8) is 0 Å². The molecule has 0 radical (unpaired) electrons. The zero-order valence-electron chi connectivity index (χ0n) is 38.9. The molecule has 0 saturated heterocycles. The monoisotopic (exact) mass is 912 g/mol. The maximum absolute atomic E-state index is 11.9. The largest absolute Gasteiger partial charge is 0.199 e. The molecule has 1 fully saturated rings.